The predicted octanol–water partition coefficient (Wildman–Crippen LogP) is 4.37. The van der Waals surface area contributed by atoms with Crippen molar-refractivity contribution >= 4 is 56.0 Å². The number of nitrogens with one attached hydrogen (secondary N) is 2. The Labute approximate surface area is 133 Å². The van der Waals surface area contributed by atoms with E-state index in [-0.39, 0.29) is 0 Å². The Morgan fingerprint density at radius 2 is 2.00 bits per heavy atom. The SMILES string of the molecule is Clc1ccc2c(c1)nc1nc(Nc3ccccc3Br)[nH]n12. The number of halogens is 2. The van der Waals surface area contributed by atoms with Gasteiger partial charge in [0.1, 0.15) is 0 Å². The molecule has 0 saturated carbocycles. The number of para-hydroxylation sites is 1. The number of anilines is 2. The molecule has 104 valence electrons. The van der Waals surface area contributed by atoms with Crippen LogP contribution in [0.25, 0.3) is 16.8 Å². The summed E-state index contributed by atoms with van der Waals surface area (Å²) in [6.45, 7) is 0. The minimum absolute atomic E-state index is 0.599. The zero-order chi connectivity index (χ0) is 14.4. The lowest BCUT2D eigenvalue weighted by atomic mass is 10.3. The average Bonchev–Trinajstić information content (AvgIpc) is 2.97. The molecule has 2 N–H and O–H groups in total. The second-order valence-electron chi connectivity index (χ2n) is 4.56. The summed E-state index contributed by atoms with van der Waals surface area (Å²) in [5.74, 6) is 1.23. The molecule has 2 aromatic carbocycles. The van der Waals surface area contributed by atoms with E-state index in [9.17, 15) is 0 Å². The molecule has 0 radical (unpaired) electrons. The summed E-state index contributed by atoms with van der Waals surface area (Å²) < 4.78 is 2.79. The van der Waals surface area contributed by atoms with Gasteiger partial charge in [-0.15, -0.1) is 0 Å². The maximum Gasteiger partial charge on any atom is 0.253 e. The van der Waals surface area contributed by atoms with Crippen molar-refractivity contribution in [3.05, 3.63) is 52.0 Å². The number of fused-ring (bicyclic) bond motifs is 3. The van der Waals surface area contributed by atoms with Crippen LogP contribution in [0.1, 0.15) is 0 Å². The number of hydrogen-bond acceptors (Lipinski definition) is 3. The van der Waals surface area contributed by atoms with Crippen LogP contribution in [0, 0.1) is 0 Å². The summed E-state index contributed by atoms with van der Waals surface area (Å²) in [5, 5.41) is 7.07. The standard InChI is InChI=1S/C14H9BrClN5/c15-9-3-1-2-4-10(9)17-13-19-14-18-11-7-8(16)5-6-12(11)21(14)20-13/h1-7H,(H2,17,18,19,20). The van der Waals surface area contributed by atoms with Gasteiger partial charge < -0.3 is 5.32 Å². The molecule has 21 heavy (non-hydrogen) atoms. The molecule has 0 amide bonds. The highest BCUT2D eigenvalue weighted by atomic mass is 79.9. The maximum atomic E-state index is 5.97. The van der Waals surface area contributed by atoms with Crippen LogP contribution in [0.15, 0.2) is 46.9 Å². The van der Waals surface area contributed by atoms with Crippen molar-refractivity contribution in [2.75, 3.05) is 5.32 Å². The number of H-pyrrole nitrogens is 1. The van der Waals surface area contributed by atoms with Gasteiger partial charge in [0, 0.05) is 9.50 Å². The molecule has 7 heteroatoms. The number of benzene rings is 2. The van der Waals surface area contributed by atoms with Crippen LogP contribution >= 0.6 is 27.5 Å². The van der Waals surface area contributed by atoms with E-state index in [4.69, 9.17) is 11.6 Å². The first-order valence-electron chi connectivity index (χ1n) is 6.26. The van der Waals surface area contributed by atoms with Crippen LogP contribution in [0.5, 0.6) is 0 Å². The third kappa shape index (κ3) is 2.16. The van der Waals surface area contributed by atoms with Gasteiger partial charge in [-0.3, -0.25) is 5.10 Å². The summed E-state index contributed by atoms with van der Waals surface area (Å²) in [6, 6.07) is 13.4. The van der Waals surface area contributed by atoms with Crippen molar-refractivity contribution in [2.24, 2.45) is 0 Å². The van der Waals surface area contributed by atoms with Crippen LogP contribution in [0.3, 0.4) is 0 Å². The van der Waals surface area contributed by atoms with Crippen LogP contribution in [0.2, 0.25) is 5.02 Å². The largest absolute Gasteiger partial charge is 0.324 e. The predicted molar refractivity (Wildman–Crippen MR) is 87.3 cm³/mol. The first kappa shape index (κ1) is 12.7. The second kappa shape index (κ2) is 4.75. The lowest BCUT2D eigenvalue weighted by Gasteiger charge is -2.04. The zero-order valence-electron chi connectivity index (χ0n) is 10.6. The van der Waals surface area contributed by atoms with E-state index in [1.165, 1.54) is 0 Å². The van der Waals surface area contributed by atoms with Crippen molar-refractivity contribution in [1.82, 2.24) is 19.6 Å². The lowest BCUT2D eigenvalue weighted by Crippen LogP contribution is -1.94. The second-order valence-corrected chi connectivity index (χ2v) is 5.85. The number of nitrogens with zero attached hydrogens (tertiary/aromatic N) is 3. The number of aromatic amines is 1. The Kier molecular flexibility index (Phi) is 2.87. The third-order valence-corrected chi connectivity index (χ3v) is 4.08. The monoisotopic (exact) mass is 361 g/mol. The fourth-order valence-corrected chi connectivity index (χ4v) is 2.75. The fraction of sp³-hybridized carbons (Fsp3) is 0. The van der Waals surface area contributed by atoms with Gasteiger partial charge in [-0.1, -0.05) is 23.7 Å². The molecule has 0 bridgehead atoms. The molecule has 0 saturated heterocycles. The first-order valence-corrected chi connectivity index (χ1v) is 7.43. The van der Waals surface area contributed by atoms with Gasteiger partial charge >= 0.3 is 0 Å². The highest BCUT2D eigenvalue weighted by Crippen LogP contribution is 2.25. The summed E-state index contributed by atoms with van der Waals surface area (Å²) in [5.41, 5.74) is 2.68. The van der Waals surface area contributed by atoms with E-state index in [0.29, 0.717) is 16.7 Å². The molecule has 2 heterocycles. The smallest absolute Gasteiger partial charge is 0.253 e. The van der Waals surface area contributed by atoms with Gasteiger partial charge in [0.05, 0.1) is 16.7 Å². The van der Waals surface area contributed by atoms with Gasteiger partial charge in [-0.2, -0.15) is 4.98 Å². The Hall–Kier alpha value is -2.05. The normalized spacial score (nSPS) is 11.3. The van der Waals surface area contributed by atoms with Gasteiger partial charge in [0.15, 0.2) is 0 Å². The molecule has 0 unspecified atom stereocenters. The van der Waals surface area contributed by atoms with Gasteiger partial charge in [0.2, 0.25) is 5.95 Å². The zero-order valence-corrected chi connectivity index (χ0v) is 13.0. The third-order valence-electron chi connectivity index (χ3n) is 3.16. The quantitative estimate of drug-likeness (QED) is 0.557. The average molecular weight is 363 g/mol. The van der Waals surface area contributed by atoms with Crippen molar-refractivity contribution in [3.8, 4) is 0 Å². The highest BCUT2D eigenvalue weighted by Gasteiger charge is 2.10. The van der Waals surface area contributed by atoms with Crippen molar-refractivity contribution in [3.63, 3.8) is 0 Å². The molecule has 4 rings (SSSR count). The van der Waals surface area contributed by atoms with Gasteiger partial charge in [0.25, 0.3) is 5.78 Å². The first-order chi connectivity index (χ1) is 10.2. The fourth-order valence-electron chi connectivity index (χ4n) is 2.20. The Morgan fingerprint density at radius 1 is 1.14 bits per heavy atom. The number of hydrogen-bond donors (Lipinski definition) is 2. The summed E-state index contributed by atoms with van der Waals surface area (Å²) in [4.78, 5) is 8.88. The van der Waals surface area contributed by atoms with E-state index in [0.717, 1.165) is 21.2 Å². The van der Waals surface area contributed by atoms with Crippen LogP contribution in [-0.4, -0.2) is 19.6 Å². The lowest BCUT2D eigenvalue weighted by molar-refractivity contribution is 1.01. The van der Waals surface area contributed by atoms with Crippen molar-refractivity contribution in [1.29, 1.82) is 0 Å². The van der Waals surface area contributed by atoms with E-state index < -0.39 is 0 Å². The molecule has 0 aliphatic rings. The number of rotatable bonds is 2. The molecule has 0 spiro atoms. The highest BCUT2D eigenvalue weighted by molar-refractivity contribution is 9.10. The maximum absolute atomic E-state index is 5.97. The van der Waals surface area contributed by atoms with Gasteiger partial charge in [-0.05, 0) is 46.3 Å². The van der Waals surface area contributed by atoms with Crippen LogP contribution < -0.4 is 5.32 Å². The summed E-state index contributed by atoms with van der Waals surface area (Å²) in [7, 11) is 0. The molecular weight excluding hydrogens is 354 g/mol. The Bertz CT molecular complexity index is 958. The topological polar surface area (TPSA) is 58.0 Å². The van der Waals surface area contributed by atoms with E-state index in [1.807, 2.05) is 47.0 Å². The summed E-state index contributed by atoms with van der Waals surface area (Å²) >= 11 is 9.47. The van der Waals surface area contributed by atoms with Crippen molar-refractivity contribution < 1.29 is 0 Å². The molecule has 4 aromatic rings. The molecular formula is C14H9BrClN5. The van der Waals surface area contributed by atoms with E-state index >= 15 is 0 Å². The number of aromatic nitrogens is 4. The summed E-state index contributed by atoms with van der Waals surface area (Å²) in [6.07, 6.45) is 0. The van der Waals surface area contributed by atoms with E-state index in [2.05, 4.69) is 36.3 Å². The molecule has 0 aliphatic heterocycles. The molecule has 5 nitrogen and oxygen atoms in total. The molecule has 2 aromatic heterocycles. The Balaban J connectivity index is 1.79. The molecule has 0 aliphatic carbocycles. The molecule has 0 fully saturated rings. The number of imidazole rings is 1. The Morgan fingerprint density at radius 3 is 2.86 bits per heavy atom. The minimum atomic E-state index is 0.599. The van der Waals surface area contributed by atoms with Crippen LogP contribution in [-0.2, 0) is 0 Å². The minimum Gasteiger partial charge on any atom is -0.324 e. The van der Waals surface area contributed by atoms with E-state index in [1.54, 1.807) is 0 Å². The van der Waals surface area contributed by atoms with Gasteiger partial charge in [-0.25, -0.2) is 9.50 Å². The molecule has 0 atom stereocenters. The van der Waals surface area contributed by atoms with Crippen LogP contribution in [0.4, 0.5) is 11.6 Å². The van der Waals surface area contributed by atoms with Crippen molar-refractivity contribution in [2.45, 2.75) is 0 Å².